The number of aryl methyl sites for hydroxylation is 1. The van der Waals surface area contributed by atoms with Crippen LogP contribution in [0.1, 0.15) is 5.56 Å². The van der Waals surface area contributed by atoms with Crippen molar-refractivity contribution in [3.8, 4) is 0 Å². The lowest BCUT2D eigenvalue weighted by atomic mass is 10.1. The summed E-state index contributed by atoms with van der Waals surface area (Å²) in [6.45, 7) is 0.444. The number of fused-ring (bicyclic) bond motifs is 1. The highest BCUT2D eigenvalue weighted by molar-refractivity contribution is 5.80. The molecule has 1 heterocycles. The minimum Gasteiger partial charge on any atom is -0.561 e. The Balaban J connectivity index is 2.20. The molecule has 0 unspecified atom stereocenters. The Kier molecular flexibility index (Phi) is 3.70. The average molecular weight is 236 g/mol. The maximum Gasteiger partial charge on any atom is 0.107 e. The molecule has 0 saturated carbocycles. The zero-order chi connectivity index (χ0) is 12.3. The number of alkyl halides is 1. The first kappa shape index (κ1) is 12.0. The van der Waals surface area contributed by atoms with Gasteiger partial charge in [0.05, 0.1) is 6.54 Å². The maximum atomic E-state index is 12.3. The molecule has 0 aliphatic carbocycles. The molecule has 1 aromatic carbocycles. The fourth-order valence-corrected chi connectivity index (χ4v) is 1.80. The van der Waals surface area contributed by atoms with Crippen molar-refractivity contribution in [2.45, 2.75) is 13.1 Å². The highest BCUT2D eigenvalue weighted by atomic mass is 19.1. The van der Waals surface area contributed by atoms with Crippen molar-refractivity contribution in [2.24, 2.45) is 11.7 Å². The van der Waals surface area contributed by atoms with Gasteiger partial charge in [-0.3, -0.25) is 16.9 Å². The lowest BCUT2D eigenvalue weighted by molar-refractivity contribution is 0.370. The zero-order valence-electron chi connectivity index (χ0n) is 9.38. The Morgan fingerprint density at radius 2 is 2.12 bits per heavy atom. The summed E-state index contributed by atoms with van der Waals surface area (Å²) in [6.07, 6.45) is 1.88. The van der Waals surface area contributed by atoms with Crippen molar-refractivity contribution in [2.75, 3.05) is 6.67 Å². The molecular weight excluding hydrogens is 221 g/mol. The molecule has 0 aliphatic rings. The highest BCUT2D eigenvalue weighted by Crippen LogP contribution is 2.19. The Labute approximate surface area is 98.7 Å². The molecule has 2 aromatic rings. The summed E-state index contributed by atoms with van der Waals surface area (Å²) >= 11 is 0. The molecule has 0 atom stereocenters. The van der Waals surface area contributed by atoms with Crippen LogP contribution in [0.15, 0.2) is 30.5 Å². The SMILES string of the molecule is NN(N)[N-]Cc1ccc2c(ccn2CCF)c1. The normalized spacial score (nSPS) is 11.5. The fraction of sp³-hybridized carbons (Fsp3) is 0.273. The first-order valence-electron chi connectivity index (χ1n) is 5.31. The second-order valence-corrected chi connectivity index (χ2v) is 3.77. The van der Waals surface area contributed by atoms with E-state index in [-0.39, 0.29) is 6.67 Å². The number of benzene rings is 1. The fourth-order valence-electron chi connectivity index (χ4n) is 1.80. The van der Waals surface area contributed by atoms with Crippen molar-refractivity contribution in [1.29, 1.82) is 0 Å². The van der Waals surface area contributed by atoms with Crippen LogP contribution in [0.25, 0.3) is 16.3 Å². The number of halogens is 1. The Hall–Kier alpha value is -1.47. The van der Waals surface area contributed by atoms with E-state index in [0.717, 1.165) is 21.7 Å². The van der Waals surface area contributed by atoms with Gasteiger partial charge in [-0.05, 0) is 17.5 Å². The number of nitrogens with two attached hydrogens (primary N) is 2. The highest BCUT2D eigenvalue weighted by Gasteiger charge is 2.00. The smallest absolute Gasteiger partial charge is 0.107 e. The third-order valence-electron chi connectivity index (χ3n) is 2.58. The predicted octanol–water partition coefficient (Wildman–Crippen LogP) is 1.45. The van der Waals surface area contributed by atoms with Gasteiger partial charge in [0.2, 0.25) is 0 Å². The van der Waals surface area contributed by atoms with Crippen molar-refractivity contribution in [1.82, 2.24) is 9.79 Å². The van der Waals surface area contributed by atoms with Gasteiger partial charge in [-0.25, -0.2) is 4.39 Å². The van der Waals surface area contributed by atoms with E-state index < -0.39 is 0 Å². The number of rotatable bonds is 5. The molecule has 0 fully saturated rings. The molecule has 0 saturated heterocycles. The largest absolute Gasteiger partial charge is 0.561 e. The number of hydrogen-bond donors (Lipinski definition) is 2. The first-order chi connectivity index (χ1) is 8.20. The summed E-state index contributed by atoms with van der Waals surface area (Å²) < 4.78 is 14.2. The third-order valence-corrected chi connectivity index (χ3v) is 2.58. The zero-order valence-corrected chi connectivity index (χ0v) is 9.38. The standard InChI is InChI=1S/C11H15FN5/c12-4-6-16-5-3-10-7-9(1-2-11(10)16)8-15-17(13)14/h1-3,5,7H,4,6,8,13-14H2/q-1. The molecule has 0 bridgehead atoms. The minimum atomic E-state index is -0.365. The van der Waals surface area contributed by atoms with Crippen LogP contribution in [0, 0.1) is 0 Å². The van der Waals surface area contributed by atoms with Gasteiger partial charge in [-0.2, -0.15) is 0 Å². The van der Waals surface area contributed by atoms with Crippen molar-refractivity contribution in [3.63, 3.8) is 0 Å². The number of hydrazine groups is 2. The van der Waals surface area contributed by atoms with E-state index in [4.69, 9.17) is 11.7 Å². The molecular formula is C11H15FN5-. The van der Waals surface area contributed by atoms with Crippen LogP contribution in [0.3, 0.4) is 0 Å². The Bertz CT molecular complexity index is 494. The van der Waals surface area contributed by atoms with Crippen LogP contribution in [0.4, 0.5) is 4.39 Å². The van der Waals surface area contributed by atoms with Crippen LogP contribution < -0.4 is 11.7 Å². The van der Waals surface area contributed by atoms with Gasteiger partial charge in [-0.15, -0.1) is 6.54 Å². The molecule has 4 N–H and O–H groups in total. The van der Waals surface area contributed by atoms with Crippen molar-refractivity contribution >= 4 is 10.9 Å². The molecule has 0 aliphatic heterocycles. The molecule has 0 spiro atoms. The lowest BCUT2D eigenvalue weighted by Crippen LogP contribution is -2.33. The maximum absolute atomic E-state index is 12.3. The molecule has 92 valence electrons. The predicted molar refractivity (Wildman–Crippen MR) is 65.2 cm³/mol. The first-order valence-corrected chi connectivity index (χ1v) is 5.31. The van der Waals surface area contributed by atoms with Crippen molar-refractivity contribution < 1.29 is 4.39 Å². The van der Waals surface area contributed by atoms with Gasteiger partial charge < -0.3 is 9.99 Å². The summed E-state index contributed by atoms with van der Waals surface area (Å²) in [5.41, 5.74) is 5.89. The van der Waals surface area contributed by atoms with Gasteiger partial charge in [0.1, 0.15) is 6.67 Å². The van der Waals surface area contributed by atoms with Crippen LogP contribution in [0.5, 0.6) is 0 Å². The topological polar surface area (TPSA) is 74.3 Å². The van der Waals surface area contributed by atoms with Crippen LogP contribution in [-0.2, 0) is 13.1 Å². The van der Waals surface area contributed by atoms with Crippen LogP contribution in [0.2, 0.25) is 0 Å². The molecule has 6 heteroatoms. The third kappa shape index (κ3) is 2.80. The number of aromatic nitrogens is 1. The van der Waals surface area contributed by atoms with E-state index in [1.165, 1.54) is 0 Å². The quantitative estimate of drug-likeness (QED) is 0.609. The summed E-state index contributed by atoms with van der Waals surface area (Å²) in [7, 11) is 0. The van der Waals surface area contributed by atoms with Gasteiger partial charge in [0.15, 0.2) is 0 Å². The molecule has 17 heavy (non-hydrogen) atoms. The van der Waals surface area contributed by atoms with E-state index in [1.807, 2.05) is 35.0 Å². The van der Waals surface area contributed by atoms with Gasteiger partial charge >= 0.3 is 0 Å². The average Bonchev–Trinajstić information content (AvgIpc) is 2.70. The number of hydrogen-bond acceptors (Lipinski definition) is 3. The van der Waals surface area contributed by atoms with Gasteiger partial charge in [-0.1, -0.05) is 17.7 Å². The molecule has 1 aromatic heterocycles. The lowest BCUT2D eigenvalue weighted by Gasteiger charge is -2.27. The Morgan fingerprint density at radius 1 is 1.29 bits per heavy atom. The Morgan fingerprint density at radius 3 is 2.82 bits per heavy atom. The minimum absolute atomic E-state index is 0.365. The van der Waals surface area contributed by atoms with E-state index in [1.54, 1.807) is 0 Å². The number of nitrogens with zero attached hydrogens (tertiary/aromatic N) is 3. The summed E-state index contributed by atoms with van der Waals surface area (Å²) in [6, 6.07) is 7.84. The second-order valence-electron chi connectivity index (χ2n) is 3.77. The van der Waals surface area contributed by atoms with Gasteiger partial charge in [0.25, 0.3) is 0 Å². The summed E-state index contributed by atoms with van der Waals surface area (Å²) in [5.74, 6) is 10.4. The molecule has 5 nitrogen and oxygen atoms in total. The summed E-state index contributed by atoms with van der Waals surface area (Å²) in [5, 5.41) is 1.87. The molecule has 0 amide bonds. The molecule has 2 rings (SSSR count). The van der Waals surface area contributed by atoms with Crippen LogP contribution >= 0.6 is 0 Å². The van der Waals surface area contributed by atoms with E-state index >= 15 is 0 Å². The monoisotopic (exact) mass is 236 g/mol. The van der Waals surface area contributed by atoms with E-state index in [2.05, 4.69) is 5.43 Å². The second kappa shape index (κ2) is 5.24. The van der Waals surface area contributed by atoms with E-state index in [0.29, 0.717) is 13.1 Å². The van der Waals surface area contributed by atoms with Gasteiger partial charge in [0, 0.05) is 11.7 Å². The van der Waals surface area contributed by atoms with E-state index in [9.17, 15) is 4.39 Å². The van der Waals surface area contributed by atoms with Crippen molar-refractivity contribution in [3.05, 3.63) is 41.5 Å². The molecule has 0 radical (unpaired) electrons. The summed E-state index contributed by atoms with van der Waals surface area (Å²) in [4.78, 5) is 0. The van der Waals surface area contributed by atoms with Crippen LogP contribution in [-0.4, -0.2) is 16.5 Å².